The summed E-state index contributed by atoms with van der Waals surface area (Å²) >= 11 is 0. The quantitative estimate of drug-likeness (QED) is 0.803. The van der Waals surface area contributed by atoms with Crippen LogP contribution < -0.4 is 5.32 Å². The molecule has 0 spiro atoms. The first-order valence-electron chi connectivity index (χ1n) is 7.02. The molecule has 0 heterocycles. The van der Waals surface area contributed by atoms with Crippen LogP contribution in [0.15, 0.2) is 23.8 Å². The molecule has 1 fully saturated rings. The Bertz CT molecular complexity index is 439. The summed E-state index contributed by atoms with van der Waals surface area (Å²) in [5.74, 6) is 0. The van der Waals surface area contributed by atoms with Crippen LogP contribution in [0.2, 0.25) is 0 Å². The number of nitriles is 1. The van der Waals surface area contributed by atoms with Gasteiger partial charge in [-0.2, -0.15) is 18.4 Å². The van der Waals surface area contributed by atoms with Crippen LogP contribution in [0.1, 0.15) is 38.5 Å². The second-order valence-corrected chi connectivity index (χ2v) is 5.64. The molecule has 1 atom stereocenters. The number of rotatable bonds is 6. The number of nitrogens with one attached hydrogen (secondary N) is 1. The average Bonchev–Trinajstić information content (AvgIpc) is 3.21. The molecule has 1 N–H and O–H groups in total. The molecule has 0 aromatic rings. The summed E-state index contributed by atoms with van der Waals surface area (Å²) in [7, 11) is 0. The maximum Gasteiger partial charge on any atom is 0.394 e. The van der Waals surface area contributed by atoms with Crippen LogP contribution in [-0.2, 0) is 0 Å². The van der Waals surface area contributed by atoms with Crippen LogP contribution in [0.5, 0.6) is 0 Å². The van der Waals surface area contributed by atoms with Crippen LogP contribution >= 0.6 is 0 Å². The van der Waals surface area contributed by atoms with E-state index in [4.69, 9.17) is 5.26 Å². The third-order valence-electron chi connectivity index (χ3n) is 4.15. The van der Waals surface area contributed by atoms with Crippen molar-refractivity contribution in [1.82, 2.24) is 5.32 Å². The smallest absolute Gasteiger partial charge is 0.298 e. The standard InChI is InChI=1S/C15H19F3N2/c16-15(17,18)14(8-9-14)7-6-13(10-19)20-11-12-4-2-1-3-5-12/h2,4-5,13,20H,1,3,6-9,11H2. The van der Waals surface area contributed by atoms with Gasteiger partial charge in [-0.25, -0.2) is 0 Å². The van der Waals surface area contributed by atoms with Gasteiger partial charge >= 0.3 is 6.18 Å². The predicted molar refractivity (Wildman–Crippen MR) is 70.8 cm³/mol. The molecule has 5 heteroatoms. The van der Waals surface area contributed by atoms with Crippen molar-refractivity contribution in [3.8, 4) is 6.07 Å². The molecule has 20 heavy (non-hydrogen) atoms. The molecule has 2 nitrogen and oxygen atoms in total. The van der Waals surface area contributed by atoms with E-state index in [-0.39, 0.29) is 25.7 Å². The van der Waals surface area contributed by atoms with E-state index < -0.39 is 17.6 Å². The van der Waals surface area contributed by atoms with Gasteiger partial charge in [-0.3, -0.25) is 5.32 Å². The molecule has 0 bridgehead atoms. The van der Waals surface area contributed by atoms with Crippen LogP contribution in [0, 0.1) is 16.7 Å². The van der Waals surface area contributed by atoms with Crippen LogP contribution in [0.3, 0.4) is 0 Å². The SMILES string of the molecule is N#CC(CCC1(C(F)(F)F)CC1)NCC1=CCCC=C1. The lowest BCUT2D eigenvalue weighted by molar-refractivity contribution is -0.189. The molecule has 0 saturated heterocycles. The van der Waals surface area contributed by atoms with E-state index >= 15 is 0 Å². The number of hydrogen-bond donors (Lipinski definition) is 1. The van der Waals surface area contributed by atoms with Crippen LogP contribution in [-0.4, -0.2) is 18.8 Å². The minimum Gasteiger partial charge on any atom is -0.298 e. The number of allylic oxidation sites excluding steroid dienone is 2. The zero-order valence-electron chi connectivity index (χ0n) is 11.3. The molecule has 110 valence electrons. The van der Waals surface area contributed by atoms with Crippen molar-refractivity contribution in [2.24, 2.45) is 5.41 Å². The molecule has 0 aromatic heterocycles. The molecule has 2 aliphatic rings. The van der Waals surface area contributed by atoms with E-state index in [0.717, 1.165) is 18.4 Å². The van der Waals surface area contributed by atoms with Gasteiger partial charge < -0.3 is 0 Å². The van der Waals surface area contributed by atoms with E-state index in [1.807, 2.05) is 6.08 Å². The van der Waals surface area contributed by atoms with Crippen molar-refractivity contribution >= 4 is 0 Å². The summed E-state index contributed by atoms with van der Waals surface area (Å²) in [6.45, 7) is 0.549. The van der Waals surface area contributed by atoms with Gasteiger partial charge in [0.1, 0.15) is 0 Å². The van der Waals surface area contributed by atoms with Crippen molar-refractivity contribution in [3.63, 3.8) is 0 Å². The summed E-state index contributed by atoms with van der Waals surface area (Å²) in [5.41, 5.74) is -0.401. The van der Waals surface area contributed by atoms with Gasteiger partial charge in [-0.15, -0.1) is 0 Å². The molecule has 0 aliphatic heterocycles. The maximum atomic E-state index is 12.8. The minimum atomic E-state index is -4.12. The maximum absolute atomic E-state index is 12.8. The van der Waals surface area contributed by atoms with Crippen molar-refractivity contribution in [2.75, 3.05) is 6.54 Å². The Kier molecular flexibility index (Phi) is 4.54. The number of nitrogens with zero attached hydrogens (tertiary/aromatic N) is 1. The van der Waals surface area contributed by atoms with E-state index in [9.17, 15) is 13.2 Å². The summed E-state index contributed by atoms with van der Waals surface area (Å²) in [6.07, 6.45) is 4.79. The van der Waals surface area contributed by atoms with E-state index in [1.54, 1.807) is 0 Å². The van der Waals surface area contributed by atoms with Gasteiger partial charge in [0, 0.05) is 6.54 Å². The fourth-order valence-corrected chi connectivity index (χ4v) is 2.50. The zero-order chi connectivity index (χ0) is 14.6. The Morgan fingerprint density at radius 3 is 2.60 bits per heavy atom. The second-order valence-electron chi connectivity index (χ2n) is 5.64. The normalized spacial score (nSPS) is 22.0. The number of alkyl halides is 3. The van der Waals surface area contributed by atoms with Gasteiger partial charge in [0.2, 0.25) is 0 Å². The fraction of sp³-hybridized carbons (Fsp3) is 0.667. The lowest BCUT2D eigenvalue weighted by Crippen LogP contribution is -2.32. The lowest BCUT2D eigenvalue weighted by Gasteiger charge is -2.21. The molecule has 0 radical (unpaired) electrons. The second kappa shape index (κ2) is 6.01. The molecule has 2 aliphatic carbocycles. The highest BCUT2D eigenvalue weighted by molar-refractivity contribution is 5.23. The summed E-state index contributed by atoms with van der Waals surface area (Å²) < 4.78 is 38.4. The fourth-order valence-electron chi connectivity index (χ4n) is 2.50. The average molecular weight is 284 g/mol. The van der Waals surface area contributed by atoms with Crippen LogP contribution in [0.4, 0.5) is 13.2 Å². The van der Waals surface area contributed by atoms with E-state index in [2.05, 4.69) is 23.5 Å². The Morgan fingerprint density at radius 1 is 1.35 bits per heavy atom. The lowest BCUT2D eigenvalue weighted by atomic mass is 9.96. The molecular weight excluding hydrogens is 265 g/mol. The molecule has 0 aromatic carbocycles. The third kappa shape index (κ3) is 3.63. The van der Waals surface area contributed by atoms with Crippen molar-refractivity contribution in [3.05, 3.63) is 23.8 Å². The van der Waals surface area contributed by atoms with Gasteiger partial charge in [-0.05, 0) is 44.1 Å². The Morgan fingerprint density at radius 2 is 2.10 bits per heavy atom. The van der Waals surface area contributed by atoms with Crippen molar-refractivity contribution in [2.45, 2.75) is 50.7 Å². The molecule has 1 unspecified atom stereocenters. The summed E-state index contributed by atoms with van der Waals surface area (Å²) in [4.78, 5) is 0. The highest BCUT2D eigenvalue weighted by Crippen LogP contribution is 2.60. The predicted octanol–water partition coefficient (Wildman–Crippen LogP) is 3.87. The van der Waals surface area contributed by atoms with Gasteiger partial charge in [-0.1, -0.05) is 18.2 Å². The Labute approximate surface area is 117 Å². The van der Waals surface area contributed by atoms with Crippen LogP contribution in [0.25, 0.3) is 0 Å². The first-order chi connectivity index (χ1) is 9.47. The molecular formula is C15H19F3N2. The highest BCUT2D eigenvalue weighted by atomic mass is 19.4. The number of halogens is 3. The topological polar surface area (TPSA) is 35.8 Å². The summed E-state index contributed by atoms with van der Waals surface area (Å²) in [5, 5.41) is 12.1. The third-order valence-corrected chi connectivity index (χ3v) is 4.15. The van der Waals surface area contributed by atoms with Gasteiger partial charge in [0.25, 0.3) is 0 Å². The monoisotopic (exact) mass is 284 g/mol. The Hall–Kier alpha value is -1.28. The zero-order valence-corrected chi connectivity index (χ0v) is 11.3. The first kappa shape index (κ1) is 15.1. The van der Waals surface area contributed by atoms with Gasteiger partial charge in [0.15, 0.2) is 0 Å². The largest absolute Gasteiger partial charge is 0.394 e. The summed E-state index contributed by atoms with van der Waals surface area (Å²) in [6, 6.07) is 1.56. The van der Waals surface area contributed by atoms with Gasteiger partial charge in [0.05, 0.1) is 17.5 Å². The molecule has 1 saturated carbocycles. The van der Waals surface area contributed by atoms with E-state index in [1.165, 1.54) is 0 Å². The number of hydrogen-bond acceptors (Lipinski definition) is 2. The first-order valence-corrected chi connectivity index (χ1v) is 7.02. The molecule has 2 rings (SSSR count). The Balaban J connectivity index is 1.77. The van der Waals surface area contributed by atoms with E-state index in [0.29, 0.717) is 6.54 Å². The molecule has 0 amide bonds. The highest BCUT2D eigenvalue weighted by Gasteiger charge is 2.62. The van der Waals surface area contributed by atoms with Crippen molar-refractivity contribution in [1.29, 1.82) is 5.26 Å². The van der Waals surface area contributed by atoms with Crippen molar-refractivity contribution < 1.29 is 13.2 Å². The minimum absolute atomic E-state index is 0.0522.